The third kappa shape index (κ3) is 3.53. The van der Waals surface area contributed by atoms with Gasteiger partial charge in [0.1, 0.15) is 12.1 Å². The van der Waals surface area contributed by atoms with E-state index in [-0.39, 0.29) is 36.0 Å². The first kappa shape index (κ1) is 20.7. The summed E-state index contributed by atoms with van der Waals surface area (Å²) in [6, 6.07) is 3.17. The fourth-order valence-electron chi connectivity index (χ4n) is 3.59. The van der Waals surface area contributed by atoms with Crippen LogP contribution in [0.4, 0.5) is 0 Å². The van der Waals surface area contributed by atoms with Crippen molar-refractivity contribution in [2.45, 2.75) is 42.0 Å². The molecule has 1 fully saturated rings. The van der Waals surface area contributed by atoms with Crippen LogP contribution >= 0.6 is 0 Å². The average Bonchev–Trinajstić information content (AvgIpc) is 3.08. The Balaban J connectivity index is 1.80. The summed E-state index contributed by atoms with van der Waals surface area (Å²) in [6.07, 6.45) is 1.76. The quantitative estimate of drug-likeness (QED) is 0.700. The van der Waals surface area contributed by atoms with Crippen molar-refractivity contribution in [1.29, 1.82) is 0 Å². The van der Waals surface area contributed by atoms with Gasteiger partial charge in [-0.1, -0.05) is 0 Å². The van der Waals surface area contributed by atoms with E-state index in [0.29, 0.717) is 5.75 Å². The molecule has 0 radical (unpaired) electrons. The lowest BCUT2D eigenvalue weighted by molar-refractivity contribution is 0.344. The summed E-state index contributed by atoms with van der Waals surface area (Å²) >= 11 is 0. The summed E-state index contributed by atoms with van der Waals surface area (Å²) in [4.78, 5) is 0.193. The highest BCUT2D eigenvalue weighted by molar-refractivity contribution is 7.92. The van der Waals surface area contributed by atoms with Gasteiger partial charge in [0.05, 0.1) is 17.3 Å². The third-order valence-corrected chi connectivity index (χ3v) is 9.14. The molecule has 0 amide bonds. The topological polar surface area (TPSA) is 111 Å². The van der Waals surface area contributed by atoms with Gasteiger partial charge in [0.25, 0.3) is 0 Å². The van der Waals surface area contributed by atoms with Gasteiger partial charge in [-0.15, -0.1) is 10.2 Å². The van der Waals surface area contributed by atoms with E-state index in [1.807, 2.05) is 0 Å². The molecule has 1 aromatic carbocycles. The Morgan fingerprint density at radius 2 is 1.64 bits per heavy atom. The van der Waals surface area contributed by atoms with Crippen molar-refractivity contribution in [3.8, 4) is 5.75 Å². The summed E-state index contributed by atoms with van der Waals surface area (Å²) in [5.41, 5.74) is 1.47. The Morgan fingerprint density at radius 3 is 2.11 bits per heavy atom. The summed E-state index contributed by atoms with van der Waals surface area (Å²) < 4.78 is 59.6. The SMILES string of the molecule is COc1c(C)cc(S(=O)(=O)N2CCC(S(=O)(=O)c3nncn3C)CC2)cc1C. The molecule has 154 valence electrons. The van der Waals surface area contributed by atoms with Crippen LogP contribution in [0.1, 0.15) is 24.0 Å². The van der Waals surface area contributed by atoms with E-state index in [4.69, 9.17) is 4.74 Å². The second-order valence-electron chi connectivity index (χ2n) is 6.96. The van der Waals surface area contributed by atoms with Gasteiger partial charge in [-0.05, 0) is 49.9 Å². The van der Waals surface area contributed by atoms with Crippen molar-refractivity contribution in [3.63, 3.8) is 0 Å². The van der Waals surface area contributed by atoms with Crippen LogP contribution in [0, 0.1) is 13.8 Å². The average molecular weight is 429 g/mol. The maximum Gasteiger partial charge on any atom is 0.249 e. The molecule has 1 saturated heterocycles. The normalized spacial score (nSPS) is 17.0. The van der Waals surface area contributed by atoms with E-state index < -0.39 is 25.1 Å². The number of benzene rings is 1. The van der Waals surface area contributed by atoms with Gasteiger partial charge in [0, 0.05) is 20.1 Å². The highest BCUT2D eigenvalue weighted by Crippen LogP contribution is 2.30. The van der Waals surface area contributed by atoms with Crippen LogP contribution in [0.2, 0.25) is 0 Å². The van der Waals surface area contributed by atoms with E-state index in [0.717, 1.165) is 11.1 Å². The monoisotopic (exact) mass is 428 g/mol. The first-order valence-electron chi connectivity index (χ1n) is 8.82. The van der Waals surface area contributed by atoms with Crippen molar-refractivity contribution < 1.29 is 21.6 Å². The molecule has 0 saturated carbocycles. The number of sulfonamides is 1. The van der Waals surface area contributed by atoms with Gasteiger partial charge in [-0.25, -0.2) is 16.8 Å². The molecule has 1 aliphatic heterocycles. The molecule has 1 aromatic heterocycles. The zero-order valence-corrected chi connectivity index (χ0v) is 17.9. The van der Waals surface area contributed by atoms with Gasteiger partial charge in [-0.3, -0.25) is 0 Å². The van der Waals surface area contributed by atoms with Crippen LogP contribution in [0.25, 0.3) is 0 Å². The molecular formula is C17H24N4O5S2. The van der Waals surface area contributed by atoms with Crippen LogP contribution in [-0.4, -0.2) is 61.4 Å². The number of aryl methyl sites for hydroxylation is 3. The number of sulfone groups is 1. The molecule has 3 rings (SSSR count). The van der Waals surface area contributed by atoms with E-state index in [9.17, 15) is 16.8 Å². The molecule has 0 aliphatic carbocycles. The largest absolute Gasteiger partial charge is 0.496 e. The Hall–Kier alpha value is -1.98. The molecule has 0 atom stereocenters. The minimum absolute atomic E-state index is 0.0878. The van der Waals surface area contributed by atoms with Crippen LogP contribution in [0.3, 0.4) is 0 Å². The second kappa shape index (κ2) is 7.45. The van der Waals surface area contributed by atoms with E-state index in [1.54, 1.807) is 40.1 Å². The van der Waals surface area contributed by atoms with E-state index in [2.05, 4.69) is 10.2 Å². The molecule has 1 aliphatic rings. The first-order valence-corrected chi connectivity index (χ1v) is 11.8. The fourth-order valence-corrected chi connectivity index (χ4v) is 6.97. The highest BCUT2D eigenvalue weighted by atomic mass is 32.2. The summed E-state index contributed by atoms with van der Waals surface area (Å²) in [7, 11) is -4.25. The molecule has 11 heteroatoms. The molecule has 0 spiro atoms. The smallest absolute Gasteiger partial charge is 0.249 e. The Bertz CT molecular complexity index is 1060. The number of methoxy groups -OCH3 is 1. The minimum Gasteiger partial charge on any atom is -0.496 e. The standard InChI is InChI=1S/C17H24N4O5S2/c1-12-9-15(10-13(2)16(12)26-4)28(24,25)21-7-5-14(6-8-21)27(22,23)17-19-18-11-20(17)3/h9-11,14H,5-8H2,1-4H3. The predicted octanol–water partition coefficient (Wildman–Crippen LogP) is 1.07. The summed E-state index contributed by atoms with van der Waals surface area (Å²) in [5.74, 6) is 0.660. The maximum absolute atomic E-state index is 13.0. The van der Waals surface area contributed by atoms with E-state index >= 15 is 0 Å². The van der Waals surface area contributed by atoms with Gasteiger partial charge in [0.15, 0.2) is 0 Å². The molecule has 0 bridgehead atoms. The van der Waals surface area contributed by atoms with Crippen molar-refractivity contribution in [2.75, 3.05) is 20.2 Å². The number of hydrogen-bond acceptors (Lipinski definition) is 7. The molecule has 2 heterocycles. The minimum atomic E-state index is -3.71. The van der Waals surface area contributed by atoms with Crippen LogP contribution in [0.15, 0.2) is 28.5 Å². The van der Waals surface area contributed by atoms with Gasteiger partial charge < -0.3 is 9.30 Å². The van der Waals surface area contributed by atoms with Crippen molar-refractivity contribution in [1.82, 2.24) is 19.1 Å². The first-order chi connectivity index (χ1) is 13.1. The maximum atomic E-state index is 13.0. The second-order valence-corrected chi connectivity index (χ2v) is 11.0. The van der Waals surface area contributed by atoms with E-state index in [1.165, 1.54) is 15.2 Å². The Kier molecular flexibility index (Phi) is 5.52. The molecule has 28 heavy (non-hydrogen) atoms. The fraction of sp³-hybridized carbons (Fsp3) is 0.529. The predicted molar refractivity (Wildman–Crippen MR) is 102 cm³/mol. The molecule has 2 aromatic rings. The lowest BCUT2D eigenvalue weighted by Gasteiger charge is -2.30. The molecule has 9 nitrogen and oxygen atoms in total. The molecular weight excluding hydrogens is 404 g/mol. The van der Waals surface area contributed by atoms with Crippen molar-refractivity contribution in [3.05, 3.63) is 29.6 Å². The van der Waals surface area contributed by atoms with Crippen LogP contribution in [-0.2, 0) is 26.9 Å². The van der Waals surface area contributed by atoms with Crippen molar-refractivity contribution in [2.24, 2.45) is 7.05 Å². The zero-order valence-electron chi connectivity index (χ0n) is 16.3. The number of ether oxygens (including phenoxy) is 1. The number of hydrogen-bond donors (Lipinski definition) is 0. The summed E-state index contributed by atoms with van der Waals surface area (Å²) in [6.45, 7) is 3.86. The van der Waals surface area contributed by atoms with Crippen LogP contribution in [0.5, 0.6) is 5.75 Å². The number of rotatable bonds is 5. The van der Waals surface area contributed by atoms with Gasteiger partial charge >= 0.3 is 0 Å². The van der Waals surface area contributed by atoms with Crippen LogP contribution < -0.4 is 4.74 Å². The Labute approximate surface area is 165 Å². The van der Waals surface area contributed by atoms with Gasteiger partial charge in [-0.2, -0.15) is 4.31 Å². The molecule has 0 N–H and O–H groups in total. The molecule has 0 unspecified atom stereocenters. The lowest BCUT2D eigenvalue weighted by Crippen LogP contribution is -2.42. The zero-order chi connectivity index (χ0) is 20.7. The summed E-state index contributed by atoms with van der Waals surface area (Å²) in [5, 5.41) is 6.55. The van der Waals surface area contributed by atoms with Crippen molar-refractivity contribution >= 4 is 19.9 Å². The Morgan fingerprint density at radius 1 is 1.07 bits per heavy atom. The number of aromatic nitrogens is 3. The number of nitrogens with zero attached hydrogens (tertiary/aromatic N) is 4. The number of piperidine rings is 1. The lowest BCUT2D eigenvalue weighted by atomic mass is 10.1. The highest BCUT2D eigenvalue weighted by Gasteiger charge is 2.37. The van der Waals surface area contributed by atoms with Gasteiger partial charge in [0.2, 0.25) is 25.0 Å². The third-order valence-electron chi connectivity index (χ3n) is 5.04.